The molecule has 0 unspecified atom stereocenters. The van der Waals surface area contributed by atoms with Crippen LogP contribution < -0.4 is 0 Å². The molecule has 3 aromatic rings. The van der Waals surface area contributed by atoms with Gasteiger partial charge in [0.25, 0.3) is 0 Å². The van der Waals surface area contributed by atoms with E-state index in [1.54, 1.807) is 0 Å². The summed E-state index contributed by atoms with van der Waals surface area (Å²) in [6, 6.07) is 26.7. The zero-order valence-electron chi connectivity index (χ0n) is 20.5. The highest BCUT2D eigenvalue weighted by atomic mass is 16.5. The van der Waals surface area contributed by atoms with Crippen molar-refractivity contribution in [2.45, 2.75) is 64.3 Å². The minimum absolute atomic E-state index is 0.0450. The molecule has 33 heavy (non-hydrogen) atoms. The highest BCUT2D eigenvalue weighted by Crippen LogP contribution is 2.65. The summed E-state index contributed by atoms with van der Waals surface area (Å²) in [6.45, 7) is 11.8. The molecule has 172 valence electrons. The topological polar surface area (TPSA) is 9.23 Å². The first-order chi connectivity index (χ1) is 16.0. The Morgan fingerprint density at radius 1 is 0.879 bits per heavy atom. The van der Waals surface area contributed by atoms with Crippen LogP contribution in [0.3, 0.4) is 0 Å². The van der Waals surface area contributed by atoms with Crippen LogP contribution in [-0.4, -0.2) is 28.7 Å². The number of nitrogens with zero attached hydrogens (tertiary/aromatic N) is 1. The van der Waals surface area contributed by atoms with Crippen molar-refractivity contribution in [1.29, 1.82) is 0 Å². The maximum atomic E-state index is 7.09. The minimum Gasteiger partial charge on any atom is -0.364 e. The van der Waals surface area contributed by atoms with Crippen molar-refractivity contribution >= 4 is 10.8 Å². The number of benzene rings is 3. The predicted octanol–water partition coefficient (Wildman–Crippen LogP) is 6.97. The van der Waals surface area contributed by atoms with E-state index in [1.807, 2.05) is 0 Å². The molecule has 3 aromatic carbocycles. The molecule has 0 bridgehead atoms. The van der Waals surface area contributed by atoms with Gasteiger partial charge in [-0.3, -0.25) is 0 Å². The van der Waals surface area contributed by atoms with Gasteiger partial charge in [-0.25, -0.2) is 0 Å². The van der Waals surface area contributed by atoms with E-state index in [9.17, 15) is 0 Å². The second kappa shape index (κ2) is 7.68. The van der Waals surface area contributed by atoms with Gasteiger partial charge in [-0.2, -0.15) is 0 Å². The van der Waals surface area contributed by atoms with E-state index in [4.69, 9.17) is 4.74 Å². The lowest BCUT2D eigenvalue weighted by Crippen LogP contribution is -2.57. The van der Waals surface area contributed by atoms with Gasteiger partial charge in [-0.05, 0) is 48.1 Å². The van der Waals surface area contributed by atoms with Gasteiger partial charge in [0.15, 0.2) is 0 Å². The molecular weight excluding hydrogens is 402 g/mol. The van der Waals surface area contributed by atoms with Crippen LogP contribution in [0.15, 0.2) is 72.8 Å². The van der Waals surface area contributed by atoms with Crippen molar-refractivity contribution in [3.63, 3.8) is 0 Å². The summed E-state index contributed by atoms with van der Waals surface area (Å²) >= 11 is 0. The quantitative estimate of drug-likeness (QED) is 0.376. The molecule has 2 nitrogen and oxygen atoms in total. The maximum Gasteiger partial charge on any atom is 0.128 e. The van der Waals surface area contributed by atoms with Crippen molar-refractivity contribution in [2.75, 3.05) is 13.1 Å². The second-order valence-electron chi connectivity index (χ2n) is 11.6. The second-order valence-corrected chi connectivity index (χ2v) is 11.6. The molecule has 1 aliphatic carbocycles. The maximum absolute atomic E-state index is 7.09. The first-order valence-corrected chi connectivity index (χ1v) is 13.0. The largest absolute Gasteiger partial charge is 0.364 e. The fourth-order valence-corrected chi connectivity index (χ4v) is 8.29. The minimum atomic E-state index is -0.0450. The number of rotatable bonds is 6. The Morgan fingerprint density at radius 3 is 2.42 bits per heavy atom. The van der Waals surface area contributed by atoms with E-state index in [-0.39, 0.29) is 5.60 Å². The van der Waals surface area contributed by atoms with Crippen molar-refractivity contribution < 1.29 is 9.22 Å². The summed E-state index contributed by atoms with van der Waals surface area (Å²) < 4.78 is 8.30. The molecule has 1 saturated carbocycles. The first-order valence-electron chi connectivity index (χ1n) is 13.0. The van der Waals surface area contributed by atoms with Gasteiger partial charge in [-0.1, -0.05) is 80.6 Å². The van der Waals surface area contributed by atoms with E-state index in [0.29, 0.717) is 17.4 Å². The van der Waals surface area contributed by atoms with Gasteiger partial charge in [0.1, 0.15) is 24.2 Å². The van der Waals surface area contributed by atoms with E-state index in [0.717, 1.165) is 25.6 Å². The van der Waals surface area contributed by atoms with Crippen molar-refractivity contribution in [3.8, 4) is 0 Å². The van der Waals surface area contributed by atoms with Crippen LogP contribution in [0.2, 0.25) is 0 Å². The van der Waals surface area contributed by atoms with Gasteiger partial charge in [0, 0.05) is 23.8 Å². The Bertz CT molecular complexity index is 1160. The van der Waals surface area contributed by atoms with Crippen molar-refractivity contribution in [1.82, 2.24) is 0 Å². The Balaban J connectivity index is 1.38. The molecule has 6 rings (SSSR count). The zero-order chi connectivity index (χ0) is 22.7. The van der Waals surface area contributed by atoms with Crippen molar-refractivity contribution in [2.24, 2.45) is 17.8 Å². The Kier molecular flexibility index (Phi) is 4.98. The monoisotopic (exact) mass is 440 g/mol. The SMILES string of the molecule is CC(C)[C@@]1(OCc2ccccc2)C[N@+]2(Cc3ccc4ccccc4c3)CC[C@@H]3CC[C@H]1[C@@]32C. The summed E-state index contributed by atoms with van der Waals surface area (Å²) in [5, 5.41) is 2.71. The van der Waals surface area contributed by atoms with Gasteiger partial charge in [-0.15, -0.1) is 0 Å². The molecule has 3 fully saturated rings. The van der Waals surface area contributed by atoms with Crippen LogP contribution in [-0.2, 0) is 17.9 Å². The lowest BCUT2D eigenvalue weighted by Gasteiger charge is -2.44. The third kappa shape index (κ3) is 3.07. The van der Waals surface area contributed by atoms with Crippen LogP contribution in [0.1, 0.15) is 51.2 Å². The van der Waals surface area contributed by atoms with Crippen LogP contribution in [0.4, 0.5) is 0 Å². The van der Waals surface area contributed by atoms with E-state index < -0.39 is 0 Å². The smallest absolute Gasteiger partial charge is 0.128 e. The summed E-state index contributed by atoms with van der Waals surface area (Å²) in [7, 11) is 0. The molecule has 0 spiro atoms. The molecule has 2 saturated heterocycles. The summed E-state index contributed by atoms with van der Waals surface area (Å²) in [5.74, 6) is 1.99. The predicted molar refractivity (Wildman–Crippen MR) is 136 cm³/mol. The van der Waals surface area contributed by atoms with Gasteiger partial charge >= 0.3 is 0 Å². The van der Waals surface area contributed by atoms with Gasteiger partial charge < -0.3 is 9.22 Å². The molecular formula is C31H38NO+. The molecule has 0 radical (unpaired) electrons. The standard InChI is InChI=1S/C31H38NO/c1-23(2)31(33-21-24-9-5-4-6-10-24)22-32(18-17-28-15-16-29(31)30(28,32)3)20-25-13-14-26-11-7-8-12-27(26)19-25/h4-14,19,23,28-29H,15-18,20-22H2,1-3H3/q+1/t28-,29-,30+,31-,32+/m0/s1. The van der Waals surface area contributed by atoms with Crippen molar-refractivity contribution in [3.05, 3.63) is 83.9 Å². The Hall–Kier alpha value is -2.16. The molecule has 3 aliphatic rings. The number of ether oxygens (including phenoxy) is 1. The molecule has 2 heterocycles. The number of hydrogen-bond acceptors (Lipinski definition) is 1. The highest BCUT2D eigenvalue weighted by molar-refractivity contribution is 5.82. The van der Waals surface area contributed by atoms with Gasteiger partial charge in [0.2, 0.25) is 0 Å². The summed E-state index contributed by atoms with van der Waals surface area (Å²) in [5.41, 5.74) is 3.07. The third-order valence-electron chi connectivity index (χ3n) is 10.0. The van der Waals surface area contributed by atoms with Crippen LogP contribution in [0, 0.1) is 17.8 Å². The molecule has 0 N–H and O–H groups in total. The van der Waals surface area contributed by atoms with Crippen LogP contribution >= 0.6 is 0 Å². The average molecular weight is 441 g/mol. The number of hydrogen-bond donors (Lipinski definition) is 0. The van der Waals surface area contributed by atoms with Crippen LogP contribution in [0.5, 0.6) is 0 Å². The molecule has 5 atom stereocenters. The molecule has 2 heteroatoms. The van der Waals surface area contributed by atoms with Crippen LogP contribution in [0.25, 0.3) is 10.8 Å². The molecule has 0 aromatic heterocycles. The summed E-state index contributed by atoms with van der Waals surface area (Å²) in [4.78, 5) is 0. The average Bonchev–Trinajstić information content (AvgIpc) is 3.39. The fraction of sp³-hybridized carbons (Fsp3) is 0.484. The van der Waals surface area contributed by atoms with E-state index in [1.165, 1.54) is 52.2 Å². The lowest BCUT2D eigenvalue weighted by molar-refractivity contribution is -0.967. The number of fused-ring (bicyclic) bond motifs is 1. The fourth-order valence-electron chi connectivity index (χ4n) is 8.29. The van der Waals surface area contributed by atoms with E-state index >= 15 is 0 Å². The Labute approximate surface area is 199 Å². The van der Waals surface area contributed by atoms with Gasteiger partial charge in [0.05, 0.1) is 13.2 Å². The molecule has 0 amide bonds. The molecule has 2 aliphatic heterocycles. The summed E-state index contributed by atoms with van der Waals surface area (Å²) in [6.07, 6.45) is 4.08. The zero-order valence-corrected chi connectivity index (χ0v) is 20.5. The number of quaternary nitrogens is 1. The normalized spacial score (nSPS) is 34.9. The Morgan fingerprint density at radius 2 is 1.64 bits per heavy atom. The lowest BCUT2D eigenvalue weighted by atomic mass is 9.73. The highest BCUT2D eigenvalue weighted by Gasteiger charge is 2.76. The first kappa shape index (κ1) is 21.4. The third-order valence-corrected chi connectivity index (χ3v) is 10.0. The van der Waals surface area contributed by atoms with E-state index in [2.05, 4.69) is 93.6 Å².